The number of hydrogen-bond donors (Lipinski definition) is 0. The summed E-state index contributed by atoms with van der Waals surface area (Å²) in [5, 5.41) is 1.06. The number of nitrogens with zero attached hydrogens (tertiary/aromatic N) is 1. The van der Waals surface area contributed by atoms with Crippen LogP contribution in [0.5, 0.6) is 0 Å². The molecule has 0 saturated carbocycles. The van der Waals surface area contributed by atoms with Crippen molar-refractivity contribution in [2.75, 3.05) is 13.7 Å². The van der Waals surface area contributed by atoms with Gasteiger partial charge in [0, 0.05) is 12.6 Å². The first-order valence-corrected chi connectivity index (χ1v) is 2.86. The number of likely N-dealkylation sites (N-methyl/N-ethyl adjacent to an activating group) is 1. The molecule has 3 nitrogen and oxygen atoms in total. The predicted octanol–water partition coefficient (Wildman–Crippen LogP) is 0.664. The Bertz CT molecular complexity index is 143. The van der Waals surface area contributed by atoms with Crippen LogP contribution in [0.3, 0.4) is 0 Å². The minimum Gasteiger partial charge on any atom is -0.271 e. The zero-order chi connectivity index (χ0) is 8.15. The summed E-state index contributed by atoms with van der Waals surface area (Å²) >= 11 is 0. The van der Waals surface area contributed by atoms with E-state index in [0.29, 0.717) is 5.57 Å². The van der Waals surface area contributed by atoms with E-state index in [4.69, 9.17) is 6.92 Å². The molecule has 0 aliphatic carbocycles. The third-order valence-corrected chi connectivity index (χ3v) is 0.919. The van der Waals surface area contributed by atoms with Crippen molar-refractivity contribution >= 4 is 5.91 Å². The van der Waals surface area contributed by atoms with Gasteiger partial charge in [-0.25, -0.2) is 5.06 Å². The lowest BCUT2D eigenvalue weighted by Gasteiger charge is -2.14. The number of hydrogen-bond acceptors (Lipinski definition) is 2. The third kappa shape index (κ3) is 2.64. The minimum atomic E-state index is -0.259. The molecule has 0 aromatic rings. The summed E-state index contributed by atoms with van der Waals surface area (Å²) in [4.78, 5) is 15.5. The van der Waals surface area contributed by atoms with Crippen LogP contribution in [0.25, 0.3) is 0 Å². The molecular weight excluding hydrogens is 130 g/mol. The van der Waals surface area contributed by atoms with Gasteiger partial charge in [0.15, 0.2) is 0 Å². The van der Waals surface area contributed by atoms with E-state index in [2.05, 4.69) is 11.4 Å². The standard InChI is InChI=1S/C7H11NO2/c1-5-10-8(4)7(9)6(2)3/h1H,2,5H2,3-4H3. The van der Waals surface area contributed by atoms with Crippen molar-refractivity contribution in [2.45, 2.75) is 6.92 Å². The molecule has 0 aliphatic heterocycles. The van der Waals surface area contributed by atoms with Gasteiger partial charge in [-0.3, -0.25) is 9.63 Å². The van der Waals surface area contributed by atoms with Gasteiger partial charge >= 0.3 is 0 Å². The van der Waals surface area contributed by atoms with Gasteiger partial charge in [0.05, 0.1) is 6.61 Å². The summed E-state index contributed by atoms with van der Waals surface area (Å²) in [6.07, 6.45) is 0. The normalized spacial score (nSPS) is 9.10. The molecule has 2 radical (unpaired) electrons. The Kier molecular flexibility index (Phi) is 3.72. The predicted molar refractivity (Wildman–Crippen MR) is 37.8 cm³/mol. The van der Waals surface area contributed by atoms with Gasteiger partial charge in [-0.15, -0.1) is 0 Å². The lowest BCUT2D eigenvalue weighted by atomic mass is 10.3. The molecule has 0 atom stereocenters. The second-order valence-electron chi connectivity index (χ2n) is 1.88. The van der Waals surface area contributed by atoms with E-state index in [0.717, 1.165) is 5.06 Å². The summed E-state index contributed by atoms with van der Waals surface area (Å²) < 4.78 is 0. The lowest BCUT2D eigenvalue weighted by molar-refractivity contribution is -0.169. The number of carbonyl (C=O) groups is 1. The molecule has 56 valence electrons. The molecule has 3 heteroatoms. The van der Waals surface area contributed by atoms with Gasteiger partial charge in [-0.1, -0.05) is 6.58 Å². The lowest BCUT2D eigenvalue weighted by Crippen LogP contribution is -2.27. The van der Waals surface area contributed by atoms with E-state index < -0.39 is 0 Å². The monoisotopic (exact) mass is 141 g/mol. The fraction of sp³-hybridized carbons (Fsp3) is 0.429. The highest BCUT2D eigenvalue weighted by atomic mass is 16.7. The Balaban J connectivity index is 3.82. The number of carbonyl (C=O) groups excluding carboxylic acids is 1. The van der Waals surface area contributed by atoms with Crippen LogP contribution in [0, 0.1) is 6.92 Å². The molecule has 0 spiro atoms. The molecule has 0 rings (SSSR count). The zero-order valence-corrected chi connectivity index (χ0v) is 6.26. The van der Waals surface area contributed by atoms with E-state index in [1.165, 1.54) is 7.05 Å². The van der Waals surface area contributed by atoms with Crippen molar-refractivity contribution < 1.29 is 9.63 Å². The van der Waals surface area contributed by atoms with Crippen LogP contribution < -0.4 is 0 Å². The molecular formula is C7H11NO2. The topological polar surface area (TPSA) is 29.5 Å². The minimum absolute atomic E-state index is 0.00444. The van der Waals surface area contributed by atoms with Gasteiger partial charge in [0.1, 0.15) is 0 Å². The van der Waals surface area contributed by atoms with Crippen molar-refractivity contribution in [2.24, 2.45) is 0 Å². The Hall–Kier alpha value is -0.830. The maximum atomic E-state index is 10.9. The number of rotatable bonds is 3. The van der Waals surface area contributed by atoms with E-state index in [-0.39, 0.29) is 12.5 Å². The molecule has 0 aliphatic rings. The summed E-state index contributed by atoms with van der Waals surface area (Å²) in [5.74, 6) is -0.259. The molecule has 0 fully saturated rings. The van der Waals surface area contributed by atoms with Crippen LogP contribution in [0.15, 0.2) is 12.2 Å². The molecule has 0 heterocycles. The summed E-state index contributed by atoms with van der Waals surface area (Å²) in [7, 11) is 1.49. The average molecular weight is 141 g/mol. The van der Waals surface area contributed by atoms with Crippen molar-refractivity contribution in [1.82, 2.24) is 5.06 Å². The maximum Gasteiger partial charge on any atom is 0.272 e. The first kappa shape index (κ1) is 9.17. The quantitative estimate of drug-likeness (QED) is 0.427. The highest BCUT2D eigenvalue weighted by Crippen LogP contribution is 1.95. The molecule has 0 bridgehead atoms. The van der Waals surface area contributed by atoms with Crippen LogP contribution in [-0.2, 0) is 9.63 Å². The van der Waals surface area contributed by atoms with Crippen molar-refractivity contribution in [3.05, 3.63) is 19.1 Å². The van der Waals surface area contributed by atoms with Crippen LogP contribution in [-0.4, -0.2) is 24.6 Å². The zero-order valence-electron chi connectivity index (χ0n) is 6.26. The van der Waals surface area contributed by atoms with Gasteiger partial charge in [0.2, 0.25) is 0 Å². The van der Waals surface area contributed by atoms with Gasteiger partial charge in [0.25, 0.3) is 5.91 Å². The SMILES string of the molecule is [CH]CON(C)C(=O)C(=C)C. The maximum absolute atomic E-state index is 10.9. The molecule has 0 aromatic heterocycles. The van der Waals surface area contributed by atoms with Crippen molar-refractivity contribution in [3.8, 4) is 0 Å². The van der Waals surface area contributed by atoms with Crippen LogP contribution in [0.1, 0.15) is 6.92 Å². The molecule has 10 heavy (non-hydrogen) atoms. The summed E-state index contributed by atoms with van der Waals surface area (Å²) in [6.45, 7) is 10.1. The molecule has 0 unspecified atom stereocenters. The molecule has 0 N–H and O–H groups in total. The fourth-order valence-electron chi connectivity index (χ4n) is 0.439. The van der Waals surface area contributed by atoms with E-state index in [1.54, 1.807) is 6.92 Å². The fourth-order valence-corrected chi connectivity index (χ4v) is 0.439. The number of amides is 1. The Morgan fingerprint density at radius 3 is 2.60 bits per heavy atom. The Labute approximate surface area is 61.2 Å². The molecule has 0 aromatic carbocycles. The average Bonchev–Trinajstić information content (AvgIpc) is 1.87. The van der Waals surface area contributed by atoms with Gasteiger partial charge in [-0.05, 0) is 13.8 Å². The second-order valence-corrected chi connectivity index (χ2v) is 1.88. The highest BCUT2D eigenvalue weighted by molar-refractivity contribution is 5.91. The van der Waals surface area contributed by atoms with Crippen LogP contribution >= 0.6 is 0 Å². The van der Waals surface area contributed by atoms with Crippen LogP contribution in [0.2, 0.25) is 0 Å². The first-order chi connectivity index (χ1) is 4.59. The smallest absolute Gasteiger partial charge is 0.271 e. The largest absolute Gasteiger partial charge is 0.272 e. The summed E-state index contributed by atoms with van der Waals surface area (Å²) in [6, 6.07) is 0. The van der Waals surface area contributed by atoms with E-state index >= 15 is 0 Å². The molecule has 1 amide bonds. The van der Waals surface area contributed by atoms with Crippen molar-refractivity contribution in [1.29, 1.82) is 0 Å². The molecule has 0 saturated heterocycles. The highest BCUT2D eigenvalue weighted by Gasteiger charge is 2.07. The number of hydroxylamine groups is 2. The Morgan fingerprint density at radius 2 is 2.30 bits per heavy atom. The van der Waals surface area contributed by atoms with Gasteiger partial charge < -0.3 is 0 Å². The van der Waals surface area contributed by atoms with E-state index in [1.807, 2.05) is 0 Å². The Morgan fingerprint density at radius 1 is 1.80 bits per heavy atom. The first-order valence-electron chi connectivity index (χ1n) is 2.86. The third-order valence-electron chi connectivity index (χ3n) is 0.919. The van der Waals surface area contributed by atoms with Crippen molar-refractivity contribution in [3.63, 3.8) is 0 Å². The summed E-state index contributed by atoms with van der Waals surface area (Å²) in [5.41, 5.74) is 0.427. The second kappa shape index (κ2) is 4.06. The van der Waals surface area contributed by atoms with Crippen LogP contribution in [0.4, 0.5) is 0 Å². The van der Waals surface area contributed by atoms with Gasteiger partial charge in [-0.2, -0.15) is 0 Å². The van der Waals surface area contributed by atoms with E-state index in [9.17, 15) is 4.79 Å².